The normalized spacial score (nSPS) is 14.8. The van der Waals surface area contributed by atoms with E-state index in [4.69, 9.17) is 0 Å². The summed E-state index contributed by atoms with van der Waals surface area (Å²) in [6.07, 6.45) is 3.96. The quantitative estimate of drug-likeness (QED) is 0.751. The first-order valence-corrected chi connectivity index (χ1v) is 7.08. The Morgan fingerprint density at radius 3 is 2.83 bits per heavy atom. The highest BCUT2D eigenvalue weighted by Gasteiger charge is 2.23. The molecule has 3 nitrogen and oxygen atoms in total. The number of rotatable bonds is 7. The Kier molecular flexibility index (Phi) is 4.59. The van der Waals surface area contributed by atoms with Crippen LogP contribution in [0.15, 0.2) is 12.1 Å². The van der Waals surface area contributed by atoms with Crippen molar-refractivity contribution in [3.8, 4) is 0 Å². The third-order valence-electron chi connectivity index (χ3n) is 3.38. The minimum absolute atomic E-state index is 0.902. The average molecular weight is 247 g/mol. The summed E-state index contributed by atoms with van der Waals surface area (Å²) >= 11 is 0. The van der Waals surface area contributed by atoms with Crippen LogP contribution in [0, 0.1) is 12.8 Å². The lowest BCUT2D eigenvalue weighted by Crippen LogP contribution is -2.22. The van der Waals surface area contributed by atoms with Crippen LogP contribution in [0.2, 0.25) is 0 Å². The number of anilines is 1. The van der Waals surface area contributed by atoms with Gasteiger partial charge in [-0.1, -0.05) is 6.92 Å². The lowest BCUT2D eigenvalue weighted by Gasteiger charge is -2.19. The van der Waals surface area contributed by atoms with E-state index in [0.717, 1.165) is 37.1 Å². The van der Waals surface area contributed by atoms with Crippen LogP contribution in [-0.2, 0) is 6.54 Å². The fourth-order valence-corrected chi connectivity index (χ4v) is 2.21. The van der Waals surface area contributed by atoms with Crippen molar-refractivity contribution in [2.24, 2.45) is 5.92 Å². The lowest BCUT2D eigenvalue weighted by atomic mass is 10.2. The molecule has 1 aromatic rings. The second-order valence-corrected chi connectivity index (χ2v) is 5.48. The molecule has 1 N–H and O–H groups in total. The second kappa shape index (κ2) is 6.19. The Labute approximate surface area is 111 Å². The highest BCUT2D eigenvalue weighted by atomic mass is 15.2. The van der Waals surface area contributed by atoms with Gasteiger partial charge in [0.05, 0.1) is 0 Å². The van der Waals surface area contributed by atoms with E-state index >= 15 is 0 Å². The molecule has 0 aromatic carbocycles. The van der Waals surface area contributed by atoms with Gasteiger partial charge < -0.3 is 10.2 Å². The zero-order valence-corrected chi connectivity index (χ0v) is 11.9. The molecule has 3 heteroatoms. The number of pyridine rings is 1. The zero-order chi connectivity index (χ0) is 13.0. The first-order chi connectivity index (χ1) is 8.69. The molecule has 100 valence electrons. The molecule has 1 fully saturated rings. The smallest absolute Gasteiger partial charge is 0.128 e. The van der Waals surface area contributed by atoms with E-state index < -0.39 is 0 Å². The summed E-state index contributed by atoms with van der Waals surface area (Å²) in [5.41, 5.74) is 2.46. The van der Waals surface area contributed by atoms with Gasteiger partial charge in [-0.3, -0.25) is 0 Å². The van der Waals surface area contributed by atoms with Gasteiger partial charge in [0.25, 0.3) is 0 Å². The predicted octanol–water partition coefficient (Wildman–Crippen LogP) is 2.74. The van der Waals surface area contributed by atoms with Crippen molar-refractivity contribution >= 4 is 5.82 Å². The molecule has 1 aliphatic carbocycles. The van der Waals surface area contributed by atoms with Crippen molar-refractivity contribution in [1.29, 1.82) is 0 Å². The Morgan fingerprint density at radius 1 is 1.39 bits per heavy atom. The van der Waals surface area contributed by atoms with Crippen LogP contribution in [0.3, 0.4) is 0 Å². The van der Waals surface area contributed by atoms with Crippen molar-refractivity contribution in [2.75, 3.05) is 25.0 Å². The van der Waals surface area contributed by atoms with E-state index in [-0.39, 0.29) is 0 Å². The van der Waals surface area contributed by atoms with Crippen molar-refractivity contribution in [2.45, 2.75) is 39.7 Å². The van der Waals surface area contributed by atoms with Gasteiger partial charge in [0.2, 0.25) is 0 Å². The molecule has 0 saturated heterocycles. The second-order valence-electron chi connectivity index (χ2n) is 5.48. The van der Waals surface area contributed by atoms with Gasteiger partial charge in [0, 0.05) is 25.8 Å². The van der Waals surface area contributed by atoms with Crippen molar-refractivity contribution in [3.63, 3.8) is 0 Å². The summed E-state index contributed by atoms with van der Waals surface area (Å²) in [6.45, 7) is 7.45. The van der Waals surface area contributed by atoms with Crippen LogP contribution < -0.4 is 10.2 Å². The number of aromatic nitrogens is 1. The first kappa shape index (κ1) is 13.3. The minimum Gasteiger partial charge on any atom is -0.359 e. The van der Waals surface area contributed by atoms with E-state index in [0.29, 0.717) is 0 Å². The van der Waals surface area contributed by atoms with Gasteiger partial charge >= 0.3 is 0 Å². The fraction of sp³-hybridized carbons (Fsp3) is 0.667. The maximum absolute atomic E-state index is 4.64. The molecule has 0 aliphatic heterocycles. The standard InChI is InChI=1S/C15H25N3/c1-4-7-16-10-14-8-12(2)17-15(9-14)18(3)11-13-5-6-13/h8-9,13,16H,4-7,10-11H2,1-3H3. The molecule has 0 spiro atoms. The molecule has 1 heterocycles. The van der Waals surface area contributed by atoms with Crippen molar-refractivity contribution < 1.29 is 0 Å². The number of aryl methyl sites for hydroxylation is 1. The summed E-state index contributed by atoms with van der Waals surface area (Å²) < 4.78 is 0. The summed E-state index contributed by atoms with van der Waals surface area (Å²) in [7, 11) is 2.16. The SMILES string of the molecule is CCCNCc1cc(C)nc(N(C)CC2CC2)c1. The molecule has 0 amide bonds. The molecular formula is C15H25N3. The molecule has 0 atom stereocenters. The summed E-state index contributed by atoms with van der Waals surface area (Å²) in [5, 5.41) is 3.45. The van der Waals surface area contributed by atoms with Gasteiger partial charge in [0.15, 0.2) is 0 Å². The lowest BCUT2D eigenvalue weighted by molar-refractivity contribution is 0.673. The molecule has 0 radical (unpaired) electrons. The highest BCUT2D eigenvalue weighted by Crippen LogP contribution is 2.30. The number of nitrogens with one attached hydrogen (secondary N) is 1. The van der Waals surface area contributed by atoms with Gasteiger partial charge in [-0.25, -0.2) is 4.98 Å². The molecular weight excluding hydrogens is 222 g/mol. The topological polar surface area (TPSA) is 28.2 Å². The van der Waals surface area contributed by atoms with Gasteiger partial charge in [-0.05, 0) is 56.3 Å². The Balaban J connectivity index is 1.99. The highest BCUT2D eigenvalue weighted by molar-refractivity contribution is 5.42. The molecule has 1 saturated carbocycles. The van der Waals surface area contributed by atoms with E-state index in [1.54, 1.807) is 0 Å². The molecule has 18 heavy (non-hydrogen) atoms. The monoisotopic (exact) mass is 247 g/mol. The Bertz CT molecular complexity index is 385. The van der Waals surface area contributed by atoms with Gasteiger partial charge in [-0.15, -0.1) is 0 Å². The molecule has 0 bridgehead atoms. The first-order valence-electron chi connectivity index (χ1n) is 7.08. The predicted molar refractivity (Wildman–Crippen MR) is 77.0 cm³/mol. The largest absolute Gasteiger partial charge is 0.359 e. The van der Waals surface area contributed by atoms with Crippen LogP contribution in [0.1, 0.15) is 37.4 Å². The van der Waals surface area contributed by atoms with Crippen LogP contribution in [0.4, 0.5) is 5.82 Å². The molecule has 1 aliphatic rings. The van der Waals surface area contributed by atoms with Crippen LogP contribution in [-0.4, -0.2) is 25.1 Å². The molecule has 1 aromatic heterocycles. The Morgan fingerprint density at radius 2 is 2.17 bits per heavy atom. The van der Waals surface area contributed by atoms with Gasteiger partial charge in [0.1, 0.15) is 5.82 Å². The maximum atomic E-state index is 4.64. The zero-order valence-electron chi connectivity index (χ0n) is 11.9. The summed E-state index contributed by atoms with van der Waals surface area (Å²) in [4.78, 5) is 6.94. The van der Waals surface area contributed by atoms with E-state index in [9.17, 15) is 0 Å². The third-order valence-corrected chi connectivity index (χ3v) is 3.38. The maximum Gasteiger partial charge on any atom is 0.128 e. The molecule has 2 rings (SSSR count). The van der Waals surface area contributed by atoms with E-state index in [1.807, 2.05) is 0 Å². The Hall–Kier alpha value is -1.09. The number of hydrogen-bond acceptors (Lipinski definition) is 3. The number of nitrogens with zero attached hydrogens (tertiary/aromatic N) is 2. The third kappa shape index (κ3) is 3.98. The number of hydrogen-bond donors (Lipinski definition) is 1. The van der Waals surface area contributed by atoms with E-state index in [1.165, 1.54) is 24.8 Å². The van der Waals surface area contributed by atoms with Crippen LogP contribution in [0.25, 0.3) is 0 Å². The molecule has 0 unspecified atom stereocenters. The van der Waals surface area contributed by atoms with Crippen LogP contribution in [0.5, 0.6) is 0 Å². The van der Waals surface area contributed by atoms with Gasteiger partial charge in [-0.2, -0.15) is 0 Å². The summed E-state index contributed by atoms with van der Waals surface area (Å²) in [6, 6.07) is 4.40. The van der Waals surface area contributed by atoms with Crippen molar-refractivity contribution in [3.05, 3.63) is 23.4 Å². The fourth-order valence-electron chi connectivity index (χ4n) is 2.21. The van der Waals surface area contributed by atoms with Crippen molar-refractivity contribution in [1.82, 2.24) is 10.3 Å². The average Bonchev–Trinajstić information content (AvgIpc) is 3.12. The minimum atomic E-state index is 0.902. The summed E-state index contributed by atoms with van der Waals surface area (Å²) in [5.74, 6) is 2.02. The van der Waals surface area contributed by atoms with E-state index in [2.05, 4.69) is 48.2 Å². The van der Waals surface area contributed by atoms with Crippen LogP contribution >= 0.6 is 0 Å².